The number of hydrogen-bond donors (Lipinski definition) is 2. The largest absolute Gasteiger partial charge is 0.423 e. The number of nitrogens with one attached hydrogen (secondary N) is 2. The molecule has 0 aliphatic heterocycles. The smallest absolute Gasteiger partial charge is 0.344 e. The van der Waals surface area contributed by atoms with Crippen LogP contribution in [0.4, 0.5) is 0 Å². The Morgan fingerprint density at radius 2 is 1.59 bits per heavy atom. The zero-order valence-electron chi connectivity index (χ0n) is 19.3. The number of benzene rings is 3. The molecule has 0 radical (unpaired) electrons. The van der Waals surface area contributed by atoms with E-state index in [0.717, 1.165) is 4.88 Å². The van der Waals surface area contributed by atoms with Crippen LogP contribution in [0, 0.1) is 0 Å². The minimum absolute atomic E-state index is 0.0581. The normalized spacial score (nSPS) is 11.2. The maximum atomic E-state index is 12.8. The number of halogens is 1. The van der Waals surface area contributed by atoms with Gasteiger partial charge in [0.05, 0.1) is 11.8 Å². The molecule has 2 N–H and O–H groups in total. The second kappa shape index (κ2) is 12.6. The van der Waals surface area contributed by atoms with Crippen LogP contribution in [0.5, 0.6) is 5.75 Å². The second-order valence-electron chi connectivity index (χ2n) is 7.53. The summed E-state index contributed by atoms with van der Waals surface area (Å²) in [5.41, 5.74) is 4.00. The Labute approximate surface area is 225 Å². The first-order chi connectivity index (χ1) is 18.0. The average Bonchev–Trinajstić information content (AvgIpc) is 3.43. The van der Waals surface area contributed by atoms with Crippen molar-refractivity contribution in [2.75, 3.05) is 0 Å². The fourth-order valence-electron chi connectivity index (χ4n) is 3.09. The van der Waals surface area contributed by atoms with Crippen LogP contribution in [0.1, 0.15) is 31.2 Å². The van der Waals surface area contributed by atoms with Gasteiger partial charge in [-0.25, -0.2) is 10.2 Å². The molecule has 9 heteroatoms. The van der Waals surface area contributed by atoms with Crippen molar-refractivity contribution in [3.05, 3.63) is 128 Å². The van der Waals surface area contributed by atoms with Gasteiger partial charge in [-0.05, 0) is 87.5 Å². The third-order valence-corrected chi connectivity index (χ3v) is 6.43. The van der Waals surface area contributed by atoms with Crippen LogP contribution in [0.25, 0.3) is 6.08 Å². The third-order valence-electron chi connectivity index (χ3n) is 4.92. The van der Waals surface area contributed by atoms with Crippen molar-refractivity contribution in [3.63, 3.8) is 0 Å². The van der Waals surface area contributed by atoms with E-state index in [2.05, 4.69) is 31.8 Å². The van der Waals surface area contributed by atoms with Crippen LogP contribution in [-0.2, 0) is 4.79 Å². The highest BCUT2D eigenvalue weighted by molar-refractivity contribution is 9.10. The van der Waals surface area contributed by atoms with Crippen molar-refractivity contribution in [2.24, 2.45) is 5.10 Å². The first-order valence-corrected chi connectivity index (χ1v) is 12.7. The quantitative estimate of drug-likeness (QED) is 0.0935. The van der Waals surface area contributed by atoms with Gasteiger partial charge in [0, 0.05) is 14.9 Å². The Kier molecular flexibility index (Phi) is 8.75. The van der Waals surface area contributed by atoms with Gasteiger partial charge >= 0.3 is 5.97 Å². The van der Waals surface area contributed by atoms with Gasteiger partial charge in [-0.2, -0.15) is 5.10 Å². The Balaban J connectivity index is 1.39. The van der Waals surface area contributed by atoms with Crippen molar-refractivity contribution >= 4 is 57.3 Å². The van der Waals surface area contributed by atoms with Gasteiger partial charge in [-0.1, -0.05) is 36.4 Å². The molecule has 184 valence electrons. The van der Waals surface area contributed by atoms with Gasteiger partial charge < -0.3 is 10.1 Å². The van der Waals surface area contributed by atoms with E-state index in [1.54, 1.807) is 78.9 Å². The second-order valence-corrected chi connectivity index (χ2v) is 9.36. The van der Waals surface area contributed by atoms with Gasteiger partial charge in [-0.15, -0.1) is 11.3 Å². The molecule has 0 aliphatic rings. The lowest BCUT2D eigenvalue weighted by atomic mass is 10.2. The molecule has 7 nitrogen and oxygen atoms in total. The Hall–Kier alpha value is -4.34. The highest BCUT2D eigenvalue weighted by Gasteiger charge is 2.15. The average molecular weight is 574 g/mol. The van der Waals surface area contributed by atoms with Crippen LogP contribution < -0.4 is 15.5 Å². The molecular weight excluding hydrogens is 554 g/mol. The highest BCUT2D eigenvalue weighted by Crippen LogP contribution is 2.19. The number of carbonyl (C=O) groups is 3. The van der Waals surface area contributed by atoms with Gasteiger partial charge in [0.15, 0.2) is 0 Å². The van der Waals surface area contributed by atoms with Crippen LogP contribution >= 0.6 is 27.3 Å². The fraction of sp³-hybridized carbons (Fsp3) is 0. The molecule has 0 saturated carbocycles. The van der Waals surface area contributed by atoms with Crippen molar-refractivity contribution in [1.82, 2.24) is 10.7 Å². The van der Waals surface area contributed by atoms with E-state index in [1.807, 2.05) is 23.6 Å². The summed E-state index contributed by atoms with van der Waals surface area (Å²) in [6.07, 6.45) is 3.03. The van der Waals surface area contributed by atoms with Gasteiger partial charge in [0.1, 0.15) is 11.4 Å². The summed E-state index contributed by atoms with van der Waals surface area (Å²) in [4.78, 5) is 38.5. The van der Waals surface area contributed by atoms with Crippen molar-refractivity contribution < 1.29 is 19.1 Å². The third kappa shape index (κ3) is 7.33. The molecule has 37 heavy (non-hydrogen) atoms. The molecule has 2 amide bonds. The molecule has 0 atom stereocenters. The van der Waals surface area contributed by atoms with Crippen molar-refractivity contribution in [1.29, 1.82) is 0 Å². The number of carbonyl (C=O) groups excluding carboxylic acids is 3. The molecular formula is C28H20BrN3O4S. The number of thiophene rings is 1. The molecule has 0 bridgehead atoms. The zero-order chi connectivity index (χ0) is 26.0. The first-order valence-electron chi connectivity index (χ1n) is 11.0. The molecule has 4 rings (SSSR count). The molecule has 3 aromatic carbocycles. The topological polar surface area (TPSA) is 96.9 Å². The van der Waals surface area contributed by atoms with E-state index in [9.17, 15) is 14.4 Å². The van der Waals surface area contributed by atoms with E-state index in [4.69, 9.17) is 4.74 Å². The molecule has 0 fully saturated rings. The van der Waals surface area contributed by atoms with Crippen LogP contribution in [0.15, 0.2) is 112 Å². The zero-order valence-corrected chi connectivity index (χ0v) is 21.7. The van der Waals surface area contributed by atoms with Crippen LogP contribution in [-0.4, -0.2) is 24.0 Å². The fourth-order valence-corrected chi connectivity index (χ4v) is 4.20. The van der Waals surface area contributed by atoms with Gasteiger partial charge in [-0.3, -0.25) is 9.59 Å². The van der Waals surface area contributed by atoms with E-state index in [0.29, 0.717) is 26.9 Å². The number of ether oxygens (including phenoxy) is 1. The minimum Gasteiger partial charge on any atom is -0.423 e. The number of nitrogens with zero attached hydrogens (tertiary/aromatic N) is 1. The first kappa shape index (κ1) is 25.7. The number of rotatable bonds is 8. The number of amides is 2. The number of hydrazone groups is 1. The summed E-state index contributed by atoms with van der Waals surface area (Å²) in [5.74, 6) is -1.10. The molecule has 0 spiro atoms. The highest BCUT2D eigenvalue weighted by atomic mass is 79.9. The van der Waals surface area contributed by atoms with Crippen molar-refractivity contribution in [3.8, 4) is 5.75 Å². The standard InChI is InChI=1S/C28H20BrN3O4S/c29-24-11-5-4-10-23(24)28(35)36-21-14-12-19(13-15-21)18-30-32-27(34)25(17-22-9-6-16-37-22)31-26(33)20-7-2-1-3-8-20/h1-18H,(H,31,33)(H,32,34). The molecule has 0 aliphatic carbocycles. The van der Waals surface area contributed by atoms with Crippen LogP contribution in [0.2, 0.25) is 0 Å². The SMILES string of the molecule is O=C(NN=Cc1ccc(OC(=O)c2ccccc2Br)cc1)C(=Cc1cccs1)NC(=O)c1ccccc1. The van der Waals surface area contributed by atoms with Crippen molar-refractivity contribution in [2.45, 2.75) is 0 Å². The Morgan fingerprint density at radius 1 is 0.865 bits per heavy atom. The lowest BCUT2D eigenvalue weighted by molar-refractivity contribution is -0.117. The summed E-state index contributed by atoms with van der Waals surface area (Å²) in [6.45, 7) is 0. The van der Waals surface area contributed by atoms with Gasteiger partial charge in [0.25, 0.3) is 11.8 Å². The lowest BCUT2D eigenvalue weighted by Crippen LogP contribution is -2.32. The molecule has 1 heterocycles. The monoisotopic (exact) mass is 573 g/mol. The van der Waals surface area contributed by atoms with E-state index >= 15 is 0 Å². The predicted octanol–water partition coefficient (Wildman–Crippen LogP) is 5.65. The maximum absolute atomic E-state index is 12.8. The lowest BCUT2D eigenvalue weighted by Gasteiger charge is -2.08. The Bertz CT molecular complexity index is 1450. The predicted molar refractivity (Wildman–Crippen MR) is 147 cm³/mol. The summed E-state index contributed by atoms with van der Waals surface area (Å²) in [6, 6.07) is 25.9. The molecule has 1 aromatic heterocycles. The summed E-state index contributed by atoms with van der Waals surface area (Å²) in [7, 11) is 0. The maximum Gasteiger partial charge on any atom is 0.344 e. The number of hydrogen-bond acceptors (Lipinski definition) is 6. The summed E-state index contributed by atoms with van der Waals surface area (Å²) < 4.78 is 6.05. The minimum atomic E-state index is -0.576. The summed E-state index contributed by atoms with van der Waals surface area (Å²) >= 11 is 4.77. The Morgan fingerprint density at radius 3 is 2.30 bits per heavy atom. The van der Waals surface area contributed by atoms with Crippen LogP contribution in [0.3, 0.4) is 0 Å². The van der Waals surface area contributed by atoms with E-state index in [1.165, 1.54) is 17.6 Å². The van der Waals surface area contributed by atoms with Gasteiger partial charge in [0.2, 0.25) is 0 Å². The van der Waals surface area contributed by atoms with E-state index in [-0.39, 0.29) is 5.70 Å². The summed E-state index contributed by atoms with van der Waals surface area (Å²) in [5, 5.41) is 8.52. The molecule has 4 aromatic rings. The molecule has 0 unspecified atom stereocenters. The molecule has 0 saturated heterocycles. The van der Waals surface area contributed by atoms with E-state index < -0.39 is 17.8 Å². The number of esters is 1.